The van der Waals surface area contributed by atoms with E-state index in [1.807, 2.05) is 6.07 Å². The third kappa shape index (κ3) is 2.74. The summed E-state index contributed by atoms with van der Waals surface area (Å²) in [4.78, 5) is 28.6. The summed E-state index contributed by atoms with van der Waals surface area (Å²) in [7, 11) is 0. The van der Waals surface area contributed by atoms with E-state index in [0.29, 0.717) is 17.4 Å². The van der Waals surface area contributed by atoms with Crippen LogP contribution in [0.4, 0.5) is 0 Å². The minimum Gasteiger partial charge on any atom is -0.477 e. The van der Waals surface area contributed by atoms with Gasteiger partial charge >= 0.3 is 5.97 Å². The van der Waals surface area contributed by atoms with Gasteiger partial charge in [0, 0.05) is 9.35 Å². The predicted molar refractivity (Wildman–Crippen MR) is 84.1 cm³/mol. The Morgan fingerprint density at radius 2 is 2.14 bits per heavy atom. The van der Waals surface area contributed by atoms with E-state index in [2.05, 4.69) is 20.9 Å². The van der Waals surface area contributed by atoms with Crippen molar-refractivity contribution < 1.29 is 9.90 Å². The first kappa shape index (κ1) is 14.0. The highest BCUT2D eigenvalue weighted by Crippen LogP contribution is 2.18. The number of hydrogen-bond acceptors (Lipinski definition) is 4. The van der Waals surface area contributed by atoms with Crippen molar-refractivity contribution in [2.75, 3.05) is 0 Å². The Balaban J connectivity index is 2.02. The number of rotatable bonds is 3. The average molecular weight is 365 g/mol. The SMILES string of the molecule is O=C(O)c1ccc(Cn2cnc3ccc(Br)cc3c2=O)s1. The fourth-order valence-electron chi connectivity index (χ4n) is 1.99. The van der Waals surface area contributed by atoms with Gasteiger partial charge in [-0.15, -0.1) is 11.3 Å². The highest BCUT2D eigenvalue weighted by atomic mass is 79.9. The van der Waals surface area contributed by atoms with Gasteiger partial charge in [0.2, 0.25) is 0 Å². The van der Waals surface area contributed by atoms with Crippen molar-refractivity contribution in [1.29, 1.82) is 0 Å². The molecule has 0 aliphatic heterocycles. The zero-order valence-corrected chi connectivity index (χ0v) is 13.0. The molecule has 0 aliphatic rings. The van der Waals surface area contributed by atoms with E-state index in [-0.39, 0.29) is 10.4 Å². The van der Waals surface area contributed by atoms with Crippen molar-refractivity contribution in [2.45, 2.75) is 6.54 Å². The van der Waals surface area contributed by atoms with E-state index < -0.39 is 5.97 Å². The maximum atomic E-state index is 12.4. The topological polar surface area (TPSA) is 72.2 Å². The Bertz CT molecular complexity index is 901. The van der Waals surface area contributed by atoms with Crippen LogP contribution in [0, 0.1) is 0 Å². The van der Waals surface area contributed by atoms with E-state index in [9.17, 15) is 9.59 Å². The second-order valence-electron chi connectivity index (χ2n) is 4.41. The fraction of sp³-hybridized carbons (Fsp3) is 0.0714. The second kappa shape index (κ2) is 5.42. The third-order valence-corrected chi connectivity index (χ3v) is 4.54. The van der Waals surface area contributed by atoms with Gasteiger partial charge in [0.1, 0.15) is 4.88 Å². The van der Waals surface area contributed by atoms with Crippen molar-refractivity contribution in [1.82, 2.24) is 9.55 Å². The number of halogens is 1. The van der Waals surface area contributed by atoms with Crippen LogP contribution in [0.5, 0.6) is 0 Å². The largest absolute Gasteiger partial charge is 0.477 e. The van der Waals surface area contributed by atoms with Gasteiger partial charge in [-0.25, -0.2) is 9.78 Å². The van der Waals surface area contributed by atoms with Crippen LogP contribution >= 0.6 is 27.3 Å². The van der Waals surface area contributed by atoms with Crippen molar-refractivity contribution in [3.63, 3.8) is 0 Å². The molecule has 7 heteroatoms. The van der Waals surface area contributed by atoms with E-state index >= 15 is 0 Å². The van der Waals surface area contributed by atoms with Crippen molar-refractivity contribution in [3.05, 3.63) is 61.2 Å². The van der Waals surface area contributed by atoms with Crippen molar-refractivity contribution in [3.8, 4) is 0 Å². The van der Waals surface area contributed by atoms with Gasteiger partial charge in [0.05, 0.1) is 23.8 Å². The number of carbonyl (C=O) groups is 1. The Hall–Kier alpha value is -1.99. The van der Waals surface area contributed by atoms with Crippen LogP contribution < -0.4 is 5.56 Å². The Morgan fingerprint density at radius 1 is 1.33 bits per heavy atom. The Labute approximate surface area is 131 Å². The summed E-state index contributed by atoms with van der Waals surface area (Å²) in [6.07, 6.45) is 1.48. The second-order valence-corrected chi connectivity index (χ2v) is 6.49. The Kier molecular flexibility index (Phi) is 3.60. The molecule has 0 spiro atoms. The lowest BCUT2D eigenvalue weighted by atomic mass is 10.2. The van der Waals surface area contributed by atoms with Gasteiger partial charge in [-0.05, 0) is 30.3 Å². The van der Waals surface area contributed by atoms with E-state index in [1.54, 1.807) is 24.3 Å². The number of thiophene rings is 1. The molecule has 1 aromatic carbocycles. The van der Waals surface area contributed by atoms with E-state index in [1.165, 1.54) is 10.9 Å². The van der Waals surface area contributed by atoms with E-state index in [0.717, 1.165) is 20.7 Å². The standard InChI is InChI=1S/C14H9BrN2O3S/c15-8-1-3-11-10(5-8)13(18)17(7-16-11)6-9-2-4-12(21-9)14(19)20/h1-5,7H,6H2,(H,19,20). The zero-order chi connectivity index (χ0) is 15.0. The summed E-state index contributed by atoms with van der Waals surface area (Å²) in [6, 6.07) is 8.60. The van der Waals surface area contributed by atoms with Gasteiger partial charge in [-0.3, -0.25) is 9.36 Å². The smallest absolute Gasteiger partial charge is 0.345 e. The molecule has 0 saturated carbocycles. The average Bonchev–Trinajstić information content (AvgIpc) is 2.91. The molecule has 106 valence electrons. The van der Waals surface area contributed by atoms with Crippen LogP contribution in [-0.4, -0.2) is 20.6 Å². The molecular weight excluding hydrogens is 356 g/mol. The predicted octanol–water partition coefficient (Wildman–Crippen LogP) is 2.97. The molecule has 0 radical (unpaired) electrons. The normalized spacial score (nSPS) is 10.9. The molecule has 0 bridgehead atoms. The lowest BCUT2D eigenvalue weighted by Gasteiger charge is -2.05. The highest BCUT2D eigenvalue weighted by molar-refractivity contribution is 9.10. The molecule has 5 nitrogen and oxygen atoms in total. The molecule has 1 N–H and O–H groups in total. The molecule has 0 unspecified atom stereocenters. The minimum atomic E-state index is -0.959. The van der Waals surface area contributed by atoms with Gasteiger partial charge in [-0.1, -0.05) is 15.9 Å². The lowest BCUT2D eigenvalue weighted by Crippen LogP contribution is -2.20. The number of aromatic nitrogens is 2. The maximum Gasteiger partial charge on any atom is 0.345 e. The maximum absolute atomic E-state index is 12.4. The molecule has 0 saturated heterocycles. The van der Waals surface area contributed by atoms with Crippen LogP contribution in [0.3, 0.4) is 0 Å². The van der Waals surface area contributed by atoms with Crippen LogP contribution in [-0.2, 0) is 6.54 Å². The number of carboxylic acids is 1. The molecule has 3 aromatic rings. The summed E-state index contributed by atoms with van der Waals surface area (Å²) >= 11 is 4.49. The zero-order valence-electron chi connectivity index (χ0n) is 10.6. The lowest BCUT2D eigenvalue weighted by molar-refractivity contribution is 0.0702. The van der Waals surface area contributed by atoms with Crippen molar-refractivity contribution >= 4 is 44.1 Å². The summed E-state index contributed by atoms with van der Waals surface area (Å²) < 4.78 is 2.29. The number of benzene rings is 1. The molecule has 0 amide bonds. The number of nitrogens with zero attached hydrogens (tertiary/aromatic N) is 2. The molecule has 2 aromatic heterocycles. The summed E-state index contributed by atoms with van der Waals surface area (Å²) in [6.45, 7) is 0.312. The van der Waals surface area contributed by atoms with E-state index in [4.69, 9.17) is 5.11 Å². The highest BCUT2D eigenvalue weighted by Gasteiger charge is 2.09. The number of carboxylic acid groups (broad SMARTS) is 1. The Morgan fingerprint density at radius 3 is 2.86 bits per heavy atom. The summed E-state index contributed by atoms with van der Waals surface area (Å²) in [5.74, 6) is -0.959. The van der Waals surface area contributed by atoms with Crippen LogP contribution in [0.25, 0.3) is 10.9 Å². The number of hydrogen-bond donors (Lipinski definition) is 1. The molecule has 21 heavy (non-hydrogen) atoms. The molecule has 0 fully saturated rings. The molecule has 3 rings (SSSR count). The van der Waals surface area contributed by atoms with Gasteiger partial charge < -0.3 is 5.11 Å². The van der Waals surface area contributed by atoms with Crippen LogP contribution in [0.1, 0.15) is 14.5 Å². The quantitative estimate of drug-likeness (QED) is 0.775. The molecule has 0 aliphatic carbocycles. The van der Waals surface area contributed by atoms with Gasteiger partial charge in [0.15, 0.2) is 0 Å². The van der Waals surface area contributed by atoms with Gasteiger partial charge in [0.25, 0.3) is 5.56 Å². The molecule has 2 heterocycles. The van der Waals surface area contributed by atoms with Crippen LogP contribution in [0.15, 0.2) is 45.9 Å². The van der Waals surface area contributed by atoms with Gasteiger partial charge in [-0.2, -0.15) is 0 Å². The summed E-state index contributed by atoms with van der Waals surface area (Å²) in [5.41, 5.74) is 0.489. The minimum absolute atomic E-state index is 0.147. The fourth-order valence-corrected chi connectivity index (χ4v) is 3.20. The monoisotopic (exact) mass is 364 g/mol. The molecule has 0 atom stereocenters. The first-order chi connectivity index (χ1) is 10.0. The first-order valence-corrected chi connectivity index (χ1v) is 7.62. The van der Waals surface area contributed by atoms with Crippen molar-refractivity contribution in [2.24, 2.45) is 0 Å². The number of fused-ring (bicyclic) bond motifs is 1. The molecular formula is C14H9BrN2O3S. The first-order valence-electron chi connectivity index (χ1n) is 6.01. The third-order valence-electron chi connectivity index (χ3n) is 2.98. The number of aromatic carboxylic acids is 1. The summed E-state index contributed by atoms with van der Waals surface area (Å²) in [5, 5.41) is 9.44. The van der Waals surface area contributed by atoms with Crippen LogP contribution in [0.2, 0.25) is 0 Å².